The largest absolute Gasteiger partial charge is 0.0853 e. The molecule has 1 rings (SSSR count). The number of rotatable bonds is 1. The molecule has 1 aliphatic carbocycles. The highest BCUT2D eigenvalue weighted by Crippen LogP contribution is 2.25. The monoisotopic (exact) mass is 274 g/mol. The van der Waals surface area contributed by atoms with Crippen molar-refractivity contribution in [3.8, 4) is 0 Å². The second-order valence-corrected chi connectivity index (χ2v) is 7.01. The molecule has 114 valence electrons. The lowest BCUT2D eigenvalue weighted by molar-refractivity contribution is 0.362. The van der Waals surface area contributed by atoms with Crippen molar-refractivity contribution in [2.24, 2.45) is 11.8 Å². The van der Waals surface area contributed by atoms with Gasteiger partial charge in [-0.1, -0.05) is 48.8 Å². The van der Waals surface area contributed by atoms with Gasteiger partial charge >= 0.3 is 0 Å². The van der Waals surface area contributed by atoms with Gasteiger partial charge in [-0.15, -0.1) is 0 Å². The lowest BCUT2D eigenvalue weighted by Crippen LogP contribution is -2.08. The van der Waals surface area contributed by atoms with Gasteiger partial charge in [-0.3, -0.25) is 0 Å². The summed E-state index contributed by atoms with van der Waals surface area (Å²) in [5.74, 6) is 1.63. The molecule has 0 unspecified atom stereocenters. The molecule has 0 aromatic carbocycles. The molecule has 0 N–H and O–H groups in total. The Kier molecular flexibility index (Phi) is 7.95. The average Bonchev–Trinajstić information content (AvgIpc) is 2.37. The van der Waals surface area contributed by atoms with E-state index in [1.54, 1.807) is 16.7 Å². The second-order valence-electron chi connectivity index (χ2n) is 7.01. The van der Waals surface area contributed by atoms with E-state index in [1.165, 1.54) is 44.9 Å². The van der Waals surface area contributed by atoms with Crippen LogP contribution < -0.4 is 0 Å². The highest BCUT2D eigenvalue weighted by Gasteiger charge is 2.12. The van der Waals surface area contributed by atoms with Crippen LogP contribution in [0.15, 0.2) is 34.9 Å². The molecule has 0 fully saturated rings. The summed E-state index contributed by atoms with van der Waals surface area (Å²) in [6, 6.07) is 0. The molecule has 0 saturated carbocycles. The van der Waals surface area contributed by atoms with E-state index in [0.717, 1.165) is 11.8 Å². The molecule has 0 radical (unpaired) electrons. The second kappa shape index (κ2) is 9.21. The minimum absolute atomic E-state index is 0.793. The topological polar surface area (TPSA) is 0 Å². The van der Waals surface area contributed by atoms with Crippen molar-refractivity contribution in [3.05, 3.63) is 34.9 Å². The number of hydrogen-bond donors (Lipinski definition) is 0. The minimum Gasteiger partial charge on any atom is -0.0853 e. The van der Waals surface area contributed by atoms with Crippen LogP contribution in [0.1, 0.15) is 79.6 Å². The van der Waals surface area contributed by atoms with Crippen LogP contribution in [0.3, 0.4) is 0 Å². The minimum atomic E-state index is 0.793. The van der Waals surface area contributed by atoms with Gasteiger partial charge in [-0.25, -0.2) is 0 Å². The third-order valence-electron chi connectivity index (χ3n) is 4.68. The van der Waals surface area contributed by atoms with Crippen molar-refractivity contribution in [1.29, 1.82) is 0 Å². The zero-order valence-electron chi connectivity index (χ0n) is 14.3. The number of hydrogen-bond acceptors (Lipinski definition) is 0. The lowest BCUT2D eigenvalue weighted by Gasteiger charge is -2.20. The van der Waals surface area contributed by atoms with Crippen LogP contribution in [0, 0.1) is 11.8 Å². The fourth-order valence-electron chi connectivity index (χ4n) is 2.89. The van der Waals surface area contributed by atoms with Crippen molar-refractivity contribution < 1.29 is 0 Å². The molecule has 0 heterocycles. The van der Waals surface area contributed by atoms with Crippen LogP contribution in [-0.2, 0) is 0 Å². The van der Waals surface area contributed by atoms with Crippen molar-refractivity contribution in [3.63, 3.8) is 0 Å². The van der Waals surface area contributed by atoms with E-state index in [2.05, 4.69) is 52.8 Å². The first-order valence-corrected chi connectivity index (χ1v) is 8.46. The molecule has 0 aliphatic heterocycles. The molecule has 0 bridgehead atoms. The van der Waals surface area contributed by atoms with Crippen LogP contribution in [0.25, 0.3) is 0 Å². The van der Waals surface area contributed by atoms with E-state index < -0.39 is 0 Å². The zero-order valence-corrected chi connectivity index (χ0v) is 14.3. The Labute approximate surface area is 127 Å². The molecule has 1 aliphatic rings. The van der Waals surface area contributed by atoms with Crippen LogP contribution in [-0.4, -0.2) is 0 Å². The van der Waals surface area contributed by atoms with Crippen molar-refractivity contribution >= 4 is 0 Å². The van der Waals surface area contributed by atoms with Crippen LogP contribution in [0.2, 0.25) is 0 Å². The summed E-state index contributed by atoms with van der Waals surface area (Å²) < 4.78 is 0. The van der Waals surface area contributed by atoms with Gasteiger partial charge in [0.25, 0.3) is 0 Å². The van der Waals surface area contributed by atoms with Gasteiger partial charge in [0.05, 0.1) is 0 Å². The Bertz CT molecular complexity index is 365. The normalized spacial score (nSPS) is 31.5. The van der Waals surface area contributed by atoms with Gasteiger partial charge in [0.15, 0.2) is 0 Å². The van der Waals surface area contributed by atoms with E-state index >= 15 is 0 Å². The fourth-order valence-corrected chi connectivity index (χ4v) is 2.89. The third kappa shape index (κ3) is 7.12. The SMILES string of the molecule is C/C1=C\CC/C(C)=C/C[C@@H](C(C)C)CC/C(C)=C/CC1. The molecule has 20 heavy (non-hydrogen) atoms. The summed E-state index contributed by atoms with van der Waals surface area (Å²) in [5.41, 5.74) is 4.71. The standard InChI is InChI=1S/C20H34/c1-16(2)20-14-12-18(4)10-6-8-17(3)9-7-11-19(5)13-15-20/h8,11-12,16,20H,6-7,9-10,13-15H2,1-5H3/b17-8+,18-12+,19-11+/t20-/m1/s1. The van der Waals surface area contributed by atoms with Crippen molar-refractivity contribution in [2.45, 2.75) is 79.6 Å². The number of allylic oxidation sites excluding steroid dienone is 6. The Morgan fingerprint density at radius 2 is 1.30 bits per heavy atom. The van der Waals surface area contributed by atoms with E-state index in [-0.39, 0.29) is 0 Å². The van der Waals surface area contributed by atoms with Gasteiger partial charge in [0.1, 0.15) is 0 Å². The Balaban J connectivity index is 2.75. The quantitative estimate of drug-likeness (QED) is 0.459. The summed E-state index contributed by atoms with van der Waals surface area (Å²) in [6.45, 7) is 11.6. The predicted molar refractivity (Wildman–Crippen MR) is 91.9 cm³/mol. The Morgan fingerprint density at radius 1 is 0.800 bits per heavy atom. The third-order valence-corrected chi connectivity index (χ3v) is 4.68. The smallest absolute Gasteiger partial charge is 0.0288 e. The molecule has 1 atom stereocenters. The Hall–Kier alpha value is -0.780. The van der Waals surface area contributed by atoms with Crippen molar-refractivity contribution in [1.82, 2.24) is 0 Å². The molecule has 0 nitrogen and oxygen atoms in total. The Morgan fingerprint density at radius 3 is 1.85 bits per heavy atom. The van der Waals surface area contributed by atoms with E-state index in [4.69, 9.17) is 0 Å². The molecule has 0 amide bonds. The molecule has 0 spiro atoms. The summed E-state index contributed by atoms with van der Waals surface area (Å²) in [5, 5.41) is 0. The van der Waals surface area contributed by atoms with Gasteiger partial charge in [0, 0.05) is 0 Å². The highest BCUT2D eigenvalue weighted by molar-refractivity contribution is 5.07. The molecule has 0 aromatic heterocycles. The fraction of sp³-hybridized carbons (Fsp3) is 0.700. The van der Waals surface area contributed by atoms with E-state index in [1.807, 2.05) is 0 Å². The van der Waals surface area contributed by atoms with Gasteiger partial charge in [-0.05, 0) is 77.6 Å². The molecular weight excluding hydrogens is 240 g/mol. The first-order valence-electron chi connectivity index (χ1n) is 8.46. The maximum absolute atomic E-state index is 2.50. The summed E-state index contributed by atoms with van der Waals surface area (Å²) >= 11 is 0. The first kappa shape index (κ1) is 17.3. The molecule has 0 aromatic rings. The molecule has 0 heteroatoms. The van der Waals surface area contributed by atoms with E-state index in [9.17, 15) is 0 Å². The maximum Gasteiger partial charge on any atom is -0.0288 e. The van der Waals surface area contributed by atoms with Gasteiger partial charge < -0.3 is 0 Å². The van der Waals surface area contributed by atoms with Crippen molar-refractivity contribution in [2.75, 3.05) is 0 Å². The average molecular weight is 274 g/mol. The van der Waals surface area contributed by atoms with Gasteiger partial charge in [-0.2, -0.15) is 0 Å². The first-order chi connectivity index (χ1) is 9.49. The van der Waals surface area contributed by atoms with Gasteiger partial charge in [0.2, 0.25) is 0 Å². The van der Waals surface area contributed by atoms with Crippen LogP contribution in [0.5, 0.6) is 0 Å². The maximum atomic E-state index is 2.50. The predicted octanol–water partition coefficient (Wildman–Crippen LogP) is 6.84. The lowest BCUT2D eigenvalue weighted by atomic mass is 9.86. The highest BCUT2D eigenvalue weighted by atomic mass is 14.2. The molecule has 0 saturated heterocycles. The van der Waals surface area contributed by atoms with Crippen LogP contribution in [0.4, 0.5) is 0 Å². The van der Waals surface area contributed by atoms with E-state index in [0.29, 0.717) is 0 Å². The van der Waals surface area contributed by atoms with Crippen LogP contribution >= 0.6 is 0 Å². The summed E-state index contributed by atoms with van der Waals surface area (Å²) in [6.07, 6.45) is 16.2. The molecular formula is C20H34. The summed E-state index contributed by atoms with van der Waals surface area (Å²) in [4.78, 5) is 0. The summed E-state index contributed by atoms with van der Waals surface area (Å²) in [7, 11) is 0. The zero-order chi connectivity index (χ0) is 15.0.